The number of aromatic amines is 1. The van der Waals surface area contributed by atoms with E-state index in [1.54, 1.807) is 34.9 Å². The number of fused-ring (bicyclic) bond motifs is 14. The molecule has 5 aliphatic rings. The summed E-state index contributed by atoms with van der Waals surface area (Å²) in [5, 5.41) is 17.6. The van der Waals surface area contributed by atoms with E-state index in [0.29, 0.717) is 0 Å². The first-order valence-electron chi connectivity index (χ1n) is 36.0. The van der Waals surface area contributed by atoms with Crippen LogP contribution in [0.5, 0.6) is 0 Å². The Labute approximate surface area is 620 Å². The predicted molar refractivity (Wildman–Crippen MR) is 444 cm³/mol. The Morgan fingerprint density at radius 2 is 0.571 bits per heavy atom. The number of nitrogens with zero attached hydrogens (tertiary/aromatic N) is 4. The van der Waals surface area contributed by atoms with Crippen molar-refractivity contribution in [1.29, 1.82) is 0 Å². The number of thiophene rings is 1. The molecule has 0 aliphatic heterocycles. The van der Waals surface area contributed by atoms with E-state index in [9.17, 15) is 0 Å². The molecule has 5 nitrogen and oxygen atoms in total. The molecule has 0 saturated heterocycles. The van der Waals surface area contributed by atoms with Gasteiger partial charge in [0.1, 0.15) is 19.0 Å². The number of hydrogen-bond donors (Lipinski definition) is 1. The van der Waals surface area contributed by atoms with Gasteiger partial charge in [0.2, 0.25) is 0 Å². The Balaban J connectivity index is 0.000000102. The lowest BCUT2D eigenvalue weighted by Crippen LogP contribution is -2.23. The normalized spacial score (nSPS) is 13.3. The van der Waals surface area contributed by atoms with Crippen molar-refractivity contribution in [1.82, 2.24) is 24.9 Å². The van der Waals surface area contributed by atoms with Crippen LogP contribution in [0.1, 0.15) is 44.5 Å². The number of rotatable bonds is 0. The number of allylic oxidation sites excluding steroid dienone is 4. The first-order chi connectivity index (χ1) is 52.2. The van der Waals surface area contributed by atoms with E-state index >= 15 is 0 Å². The van der Waals surface area contributed by atoms with Crippen LogP contribution in [0.2, 0.25) is 0 Å². The van der Waals surface area contributed by atoms with Crippen molar-refractivity contribution in [3.63, 3.8) is 0 Å². The Morgan fingerprint density at radius 3 is 0.876 bits per heavy atom. The number of H-pyrrole nitrogens is 1. The average molecular weight is 1370 g/mol. The van der Waals surface area contributed by atoms with E-state index in [0.717, 1.165) is 31.1 Å². The van der Waals surface area contributed by atoms with Gasteiger partial charge in [-0.05, 0) is 223 Å². The topological polar surface area (TPSA) is 67.3 Å². The Hall–Kier alpha value is -12.7. The molecule has 18 aromatic rings. The van der Waals surface area contributed by atoms with Gasteiger partial charge in [-0.25, -0.2) is 15.0 Å². The SMILES string of the molecule is C1=CC2Cc3ccccc3CC2C=C1.c1cc2cccc3c4cccc5cccc(c(c1)c23)c54.c1cc[nH]c1.c1ccc2c(c1)Cc1cc3c(cc1-2)Cc1ccccc1-3.c1ccc2c(c1)Cc1ccccc1-2.c1ccc2ccccc2c1.c1ccccc1.c1ccncc1.c1ccsc1.c1ncncn1. The van der Waals surface area contributed by atoms with E-state index in [1.165, 1.54) is 152 Å². The molecule has 0 radical (unpaired) electrons. The maximum atomic E-state index is 3.78. The van der Waals surface area contributed by atoms with Crippen molar-refractivity contribution < 1.29 is 0 Å². The second-order valence-corrected chi connectivity index (χ2v) is 26.8. The fraction of sp³-hybridized carbons (Fsp3) is 0.0707. The molecule has 0 spiro atoms. The number of hydrogen-bond acceptors (Lipinski definition) is 5. The van der Waals surface area contributed by atoms with Gasteiger partial charge < -0.3 is 4.98 Å². The molecular weight excluding hydrogens is 1290 g/mol. The zero-order valence-corrected chi connectivity index (χ0v) is 59.5. The molecular formula is C99H81N5S. The van der Waals surface area contributed by atoms with Crippen LogP contribution in [-0.2, 0) is 32.1 Å². The Morgan fingerprint density at radius 1 is 0.257 bits per heavy atom. The highest BCUT2D eigenvalue weighted by atomic mass is 32.1. The lowest BCUT2D eigenvalue weighted by Gasteiger charge is -2.30. The summed E-state index contributed by atoms with van der Waals surface area (Å²) in [5.74, 6) is 1.49. The van der Waals surface area contributed by atoms with Crippen LogP contribution in [0.25, 0.3) is 87.2 Å². The summed E-state index contributed by atoms with van der Waals surface area (Å²) >= 11 is 1.71. The van der Waals surface area contributed by atoms with Crippen molar-refractivity contribution in [2.75, 3.05) is 0 Å². The predicted octanol–water partition coefficient (Wildman–Crippen LogP) is 25.2. The fourth-order valence-corrected chi connectivity index (χ4v) is 15.0. The molecule has 2 unspecified atom stereocenters. The summed E-state index contributed by atoms with van der Waals surface area (Å²) < 4.78 is 0. The van der Waals surface area contributed by atoms with Gasteiger partial charge >= 0.3 is 0 Å². The number of nitrogens with one attached hydrogen (secondary N) is 1. The van der Waals surface area contributed by atoms with Gasteiger partial charge in [0.05, 0.1) is 0 Å². The minimum atomic E-state index is 0.745. The lowest BCUT2D eigenvalue weighted by molar-refractivity contribution is 0.437. The smallest absolute Gasteiger partial charge is 0.119 e. The van der Waals surface area contributed by atoms with Crippen molar-refractivity contribution in [2.24, 2.45) is 11.8 Å². The van der Waals surface area contributed by atoms with Crippen LogP contribution >= 0.6 is 11.3 Å². The summed E-state index contributed by atoms with van der Waals surface area (Å²) in [6.07, 6.45) is 26.4. The van der Waals surface area contributed by atoms with E-state index in [1.807, 2.05) is 102 Å². The van der Waals surface area contributed by atoms with Crippen LogP contribution < -0.4 is 0 Å². The molecule has 0 fully saturated rings. The molecule has 5 aliphatic carbocycles. The molecule has 1 N–H and O–H groups in total. The molecule has 2 atom stereocenters. The van der Waals surface area contributed by atoms with Crippen LogP contribution in [0, 0.1) is 11.8 Å². The summed E-state index contributed by atoms with van der Waals surface area (Å²) in [6.45, 7) is 0. The number of pyridine rings is 1. The number of benzene rings is 14. The summed E-state index contributed by atoms with van der Waals surface area (Å²) in [7, 11) is 0. The molecule has 0 amide bonds. The Kier molecular flexibility index (Phi) is 23.6. The second kappa shape index (κ2) is 35.7. The highest BCUT2D eigenvalue weighted by molar-refractivity contribution is 7.07. The van der Waals surface area contributed by atoms with E-state index in [2.05, 4.69) is 304 Å². The van der Waals surface area contributed by atoms with E-state index in [-0.39, 0.29) is 0 Å². The van der Waals surface area contributed by atoms with Crippen LogP contribution in [0.4, 0.5) is 0 Å². The van der Waals surface area contributed by atoms with Crippen molar-refractivity contribution in [2.45, 2.75) is 32.1 Å². The first kappa shape index (κ1) is 69.4. The van der Waals surface area contributed by atoms with Gasteiger partial charge in [-0.2, -0.15) is 11.3 Å². The van der Waals surface area contributed by atoms with Gasteiger partial charge in [-0.1, -0.05) is 322 Å². The quantitative estimate of drug-likeness (QED) is 0.121. The van der Waals surface area contributed by atoms with Gasteiger partial charge in [-0.15, -0.1) is 0 Å². The molecule has 4 aromatic heterocycles. The highest BCUT2D eigenvalue weighted by Gasteiger charge is 2.27. The van der Waals surface area contributed by atoms with Crippen LogP contribution in [0.15, 0.2) is 412 Å². The zero-order chi connectivity index (χ0) is 70.9. The number of aromatic nitrogens is 5. The van der Waals surface area contributed by atoms with Gasteiger partial charge in [-0.3, -0.25) is 4.98 Å². The van der Waals surface area contributed by atoms with E-state index in [4.69, 9.17) is 0 Å². The molecule has 14 aromatic carbocycles. The van der Waals surface area contributed by atoms with Gasteiger partial charge in [0.15, 0.2) is 0 Å². The first-order valence-corrected chi connectivity index (χ1v) is 37.0. The third-order valence-electron chi connectivity index (χ3n) is 19.4. The fourth-order valence-electron chi connectivity index (χ4n) is 14.6. The maximum absolute atomic E-state index is 3.78. The summed E-state index contributed by atoms with van der Waals surface area (Å²) in [6, 6.07) is 117. The van der Waals surface area contributed by atoms with Gasteiger partial charge in [0, 0.05) is 24.8 Å². The highest BCUT2D eigenvalue weighted by Crippen LogP contribution is 2.45. The van der Waals surface area contributed by atoms with Gasteiger partial charge in [0.25, 0.3) is 0 Å². The average Bonchev–Trinajstić information content (AvgIpc) is 1.53. The third kappa shape index (κ3) is 17.6. The van der Waals surface area contributed by atoms with Crippen LogP contribution in [-0.4, -0.2) is 24.9 Å². The zero-order valence-electron chi connectivity index (χ0n) is 58.6. The molecule has 4 heterocycles. The van der Waals surface area contributed by atoms with Crippen molar-refractivity contribution >= 4 is 65.2 Å². The lowest BCUT2D eigenvalue weighted by atomic mass is 9.74. The third-order valence-corrected chi connectivity index (χ3v) is 20.1. The minimum absolute atomic E-state index is 0.745. The maximum Gasteiger partial charge on any atom is 0.119 e. The molecule has 23 rings (SSSR count). The summed E-state index contributed by atoms with van der Waals surface area (Å²) in [5.41, 5.74) is 20.5. The Bertz CT molecular complexity index is 5130. The molecule has 105 heavy (non-hydrogen) atoms. The standard InChI is InChI=1S/C20H12.C20H14.C14H14.C13H10.C10H8.C6H6.C5H5N.C4H5N.C4H4S.C3H3N3/c1-5-13-6-2-11-17-18-12-4-8-14-7-3-10-16(20(14)18)15(9-1)19(13)17;1-3-7-17-13(5-1)9-15-11-20-16(12-19(15)17)10-14-6-2-4-8-18(14)20;1-2-6-12-10-14-8-4-3-7-13(14)9-11(12)5-1;1-3-7-12-10(5-1)9-11-6-2-4-8-13(11)12;1-2-6-10-8-4-3-7-9(10)5-1;2*1-2-4-6-5-3-1;2*1-2-4-5-3-1;1-4-2-6-3-5-1/h1-12H;1-8,11-12H,9-10H2;1-8,11-12H,9-10H2;1-8H,9H2;1-8H;1-6H;1-5H;1-5H;1-4H;1-3H. The monoisotopic (exact) mass is 1370 g/mol. The molecule has 0 bridgehead atoms. The largest absolute Gasteiger partial charge is 0.368 e. The van der Waals surface area contributed by atoms with Crippen molar-refractivity contribution in [3.8, 4) is 33.4 Å². The molecule has 0 saturated carbocycles. The molecule has 508 valence electrons. The minimum Gasteiger partial charge on any atom is -0.368 e. The van der Waals surface area contributed by atoms with E-state index < -0.39 is 0 Å². The van der Waals surface area contributed by atoms with Crippen molar-refractivity contribution in [3.05, 3.63) is 457 Å². The molecule has 6 heteroatoms. The van der Waals surface area contributed by atoms with Crippen LogP contribution in [0.3, 0.4) is 0 Å². The summed E-state index contributed by atoms with van der Waals surface area (Å²) in [4.78, 5) is 17.3. The second-order valence-electron chi connectivity index (χ2n) is 26.0.